The van der Waals surface area contributed by atoms with Crippen LogP contribution in [0.1, 0.15) is 53.4 Å². The van der Waals surface area contributed by atoms with Gasteiger partial charge in [-0.3, -0.25) is 9.78 Å². The van der Waals surface area contributed by atoms with Crippen molar-refractivity contribution >= 4 is 12.0 Å². The Balaban J connectivity index is 1.33. The van der Waals surface area contributed by atoms with Crippen molar-refractivity contribution in [2.75, 3.05) is 31.9 Å². The van der Waals surface area contributed by atoms with E-state index in [1.165, 1.54) is 5.69 Å². The first-order valence-corrected chi connectivity index (χ1v) is 11.9. The molecule has 2 aromatic heterocycles. The second-order valence-electron chi connectivity index (χ2n) is 8.95. The molecule has 0 amide bonds. The molecule has 1 unspecified atom stereocenters. The summed E-state index contributed by atoms with van der Waals surface area (Å²) >= 11 is 0. The second kappa shape index (κ2) is 11.4. The molecule has 0 aliphatic carbocycles. The predicted octanol–water partition coefficient (Wildman–Crippen LogP) is 4.51. The number of ether oxygens (including phenoxy) is 2. The van der Waals surface area contributed by atoms with Gasteiger partial charge in [-0.05, 0) is 56.4 Å². The number of benzene rings is 1. The van der Waals surface area contributed by atoms with Gasteiger partial charge in [0.2, 0.25) is 0 Å². The maximum absolute atomic E-state index is 11.1. The highest BCUT2D eigenvalue weighted by Gasteiger charge is 2.22. The standard InChI is InChI=1S/C27H32N4O4/c1-18-27(33)25(16-32)30-26(29-18)14-20-10-12-31(13-11-20)23-7-4-21(5-8-23)24-9-6-22(15-28-24)19(2)35-17-34-3/h4-9,15-16,19-20,33H,10-14,17H2,1-3H3. The van der Waals surface area contributed by atoms with Crippen LogP contribution in [-0.4, -0.2) is 53.3 Å². The highest BCUT2D eigenvalue weighted by molar-refractivity contribution is 5.76. The number of anilines is 1. The molecule has 8 nitrogen and oxygen atoms in total. The Bertz CT molecular complexity index is 1130. The highest BCUT2D eigenvalue weighted by atomic mass is 16.7. The Labute approximate surface area is 206 Å². The normalized spacial score (nSPS) is 15.2. The zero-order chi connectivity index (χ0) is 24.8. The van der Waals surface area contributed by atoms with E-state index in [1.54, 1.807) is 14.0 Å². The number of nitrogens with zero attached hydrogens (tertiary/aromatic N) is 4. The Morgan fingerprint density at radius 1 is 1.14 bits per heavy atom. The molecule has 1 aliphatic rings. The van der Waals surface area contributed by atoms with Gasteiger partial charge in [0, 0.05) is 44.1 Å². The van der Waals surface area contributed by atoms with Crippen molar-refractivity contribution in [3.05, 3.63) is 65.4 Å². The van der Waals surface area contributed by atoms with Gasteiger partial charge in [0.05, 0.1) is 17.5 Å². The quantitative estimate of drug-likeness (QED) is 0.356. The number of methoxy groups -OCH3 is 1. The smallest absolute Gasteiger partial charge is 0.172 e. The third-order valence-electron chi connectivity index (χ3n) is 6.55. The number of aromatic nitrogens is 3. The number of piperidine rings is 1. The topological polar surface area (TPSA) is 97.7 Å². The van der Waals surface area contributed by atoms with Crippen molar-refractivity contribution in [3.63, 3.8) is 0 Å². The second-order valence-corrected chi connectivity index (χ2v) is 8.95. The summed E-state index contributed by atoms with van der Waals surface area (Å²) in [5.74, 6) is 0.953. The first-order chi connectivity index (χ1) is 17.0. The molecule has 1 aliphatic heterocycles. The fourth-order valence-corrected chi connectivity index (χ4v) is 4.40. The van der Waals surface area contributed by atoms with Crippen LogP contribution in [0.15, 0.2) is 42.6 Å². The Morgan fingerprint density at radius 3 is 2.51 bits per heavy atom. The largest absolute Gasteiger partial charge is 0.504 e. The number of hydrogen-bond acceptors (Lipinski definition) is 8. The summed E-state index contributed by atoms with van der Waals surface area (Å²) in [5.41, 5.74) is 4.74. The summed E-state index contributed by atoms with van der Waals surface area (Å²) in [5, 5.41) is 9.87. The van der Waals surface area contributed by atoms with Crippen LogP contribution in [0.4, 0.5) is 5.69 Å². The minimum absolute atomic E-state index is 0.0708. The number of aromatic hydroxyl groups is 1. The summed E-state index contributed by atoms with van der Waals surface area (Å²) in [4.78, 5) is 26.7. The van der Waals surface area contributed by atoms with Gasteiger partial charge in [-0.15, -0.1) is 0 Å². The van der Waals surface area contributed by atoms with E-state index in [0.717, 1.165) is 42.8 Å². The van der Waals surface area contributed by atoms with Gasteiger partial charge in [-0.1, -0.05) is 18.2 Å². The fraction of sp³-hybridized carbons (Fsp3) is 0.407. The molecule has 0 saturated carbocycles. The molecule has 1 atom stereocenters. The van der Waals surface area contributed by atoms with Crippen LogP contribution in [0.2, 0.25) is 0 Å². The highest BCUT2D eigenvalue weighted by Crippen LogP contribution is 2.28. The predicted molar refractivity (Wildman–Crippen MR) is 134 cm³/mol. The molecule has 1 N–H and O–H groups in total. The number of hydrogen-bond donors (Lipinski definition) is 1. The molecular weight excluding hydrogens is 444 g/mol. The first kappa shape index (κ1) is 24.8. The average molecular weight is 477 g/mol. The number of rotatable bonds is 9. The summed E-state index contributed by atoms with van der Waals surface area (Å²) in [6.07, 6.45) is 5.12. The van der Waals surface area contributed by atoms with E-state index in [2.05, 4.69) is 44.1 Å². The van der Waals surface area contributed by atoms with Crippen LogP contribution in [0.25, 0.3) is 11.3 Å². The van der Waals surface area contributed by atoms with E-state index in [-0.39, 0.29) is 24.3 Å². The molecule has 0 spiro atoms. The lowest BCUT2D eigenvalue weighted by atomic mass is 9.92. The number of carbonyl (C=O) groups excluding carboxylic acids is 1. The van der Waals surface area contributed by atoms with Crippen molar-refractivity contribution in [1.82, 2.24) is 15.0 Å². The van der Waals surface area contributed by atoms with Crippen LogP contribution in [-0.2, 0) is 15.9 Å². The molecule has 3 aromatic rings. The Morgan fingerprint density at radius 2 is 1.89 bits per heavy atom. The summed E-state index contributed by atoms with van der Waals surface area (Å²) in [6.45, 7) is 5.84. The molecule has 35 heavy (non-hydrogen) atoms. The van der Waals surface area contributed by atoms with Gasteiger partial charge in [0.1, 0.15) is 18.3 Å². The van der Waals surface area contributed by atoms with Crippen molar-refractivity contribution < 1.29 is 19.4 Å². The molecule has 1 saturated heterocycles. The van der Waals surface area contributed by atoms with Gasteiger partial charge in [-0.25, -0.2) is 9.97 Å². The minimum Gasteiger partial charge on any atom is -0.504 e. The van der Waals surface area contributed by atoms with Crippen molar-refractivity contribution in [2.24, 2.45) is 5.92 Å². The van der Waals surface area contributed by atoms with Crippen LogP contribution in [0.3, 0.4) is 0 Å². The van der Waals surface area contributed by atoms with E-state index < -0.39 is 0 Å². The third kappa shape index (κ3) is 6.01. The summed E-state index contributed by atoms with van der Waals surface area (Å²) in [6, 6.07) is 12.6. The molecule has 184 valence electrons. The summed E-state index contributed by atoms with van der Waals surface area (Å²) in [7, 11) is 1.61. The molecule has 0 radical (unpaired) electrons. The third-order valence-corrected chi connectivity index (χ3v) is 6.55. The van der Waals surface area contributed by atoms with Gasteiger partial charge >= 0.3 is 0 Å². The van der Waals surface area contributed by atoms with E-state index in [4.69, 9.17) is 9.47 Å². The zero-order valence-corrected chi connectivity index (χ0v) is 20.5. The minimum atomic E-state index is -0.126. The molecule has 0 bridgehead atoms. The van der Waals surface area contributed by atoms with E-state index in [0.29, 0.717) is 30.1 Å². The first-order valence-electron chi connectivity index (χ1n) is 11.9. The molecule has 4 rings (SSSR count). The number of aryl methyl sites for hydroxylation is 1. The van der Waals surface area contributed by atoms with E-state index >= 15 is 0 Å². The maximum atomic E-state index is 11.1. The number of aldehydes is 1. The van der Waals surface area contributed by atoms with E-state index in [1.807, 2.05) is 25.3 Å². The van der Waals surface area contributed by atoms with Crippen molar-refractivity contribution in [3.8, 4) is 17.0 Å². The van der Waals surface area contributed by atoms with Gasteiger partial charge in [-0.2, -0.15) is 0 Å². The van der Waals surface area contributed by atoms with Crippen LogP contribution < -0.4 is 4.90 Å². The van der Waals surface area contributed by atoms with Crippen molar-refractivity contribution in [2.45, 2.75) is 39.2 Å². The summed E-state index contributed by atoms with van der Waals surface area (Å²) < 4.78 is 10.5. The maximum Gasteiger partial charge on any atom is 0.172 e. The van der Waals surface area contributed by atoms with Crippen LogP contribution in [0, 0.1) is 12.8 Å². The molecule has 3 heterocycles. The molecular formula is C27H32N4O4. The fourth-order valence-electron chi connectivity index (χ4n) is 4.40. The Hall–Kier alpha value is -3.36. The molecule has 1 aromatic carbocycles. The number of carbonyl (C=O) groups is 1. The molecule has 8 heteroatoms. The zero-order valence-electron chi connectivity index (χ0n) is 20.5. The van der Waals surface area contributed by atoms with Crippen molar-refractivity contribution in [1.29, 1.82) is 0 Å². The van der Waals surface area contributed by atoms with E-state index in [9.17, 15) is 9.90 Å². The van der Waals surface area contributed by atoms with Gasteiger partial charge < -0.3 is 19.5 Å². The Kier molecular flexibility index (Phi) is 8.05. The lowest BCUT2D eigenvalue weighted by molar-refractivity contribution is -0.0667. The lowest BCUT2D eigenvalue weighted by Gasteiger charge is -2.33. The average Bonchev–Trinajstić information content (AvgIpc) is 2.90. The number of pyridine rings is 1. The lowest BCUT2D eigenvalue weighted by Crippen LogP contribution is -2.34. The van der Waals surface area contributed by atoms with Gasteiger partial charge in [0.15, 0.2) is 12.0 Å². The SMILES string of the molecule is COCOC(C)c1ccc(-c2ccc(N3CCC(Cc4nc(C)c(O)c(C=O)n4)CC3)cc2)nc1. The van der Waals surface area contributed by atoms with Gasteiger partial charge in [0.25, 0.3) is 0 Å². The van der Waals surface area contributed by atoms with Crippen LogP contribution in [0.5, 0.6) is 5.75 Å². The monoisotopic (exact) mass is 476 g/mol. The molecule has 1 fully saturated rings. The van der Waals surface area contributed by atoms with Crippen LogP contribution >= 0.6 is 0 Å².